The molecule has 0 bridgehead atoms. The van der Waals surface area contributed by atoms with Crippen LogP contribution < -0.4 is 11.3 Å². The lowest BCUT2D eigenvalue weighted by Crippen LogP contribution is -2.50. The molecule has 86 valence electrons. The van der Waals surface area contributed by atoms with Crippen LogP contribution in [-0.4, -0.2) is 29.8 Å². The predicted octanol–water partition coefficient (Wildman–Crippen LogP) is 0.0134. The van der Waals surface area contributed by atoms with E-state index in [1.54, 1.807) is 7.05 Å². The number of nitrogens with two attached hydrogens (primary N) is 1. The van der Waals surface area contributed by atoms with Crippen LogP contribution in [0.5, 0.6) is 0 Å². The van der Waals surface area contributed by atoms with E-state index in [2.05, 4.69) is 6.92 Å². The van der Waals surface area contributed by atoms with Crippen LogP contribution in [0.15, 0.2) is 0 Å². The van der Waals surface area contributed by atoms with Crippen molar-refractivity contribution in [1.82, 2.24) is 10.3 Å². The van der Waals surface area contributed by atoms with Crippen LogP contribution in [-0.2, 0) is 9.59 Å². The van der Waals surface area contributed by atoms with Gasteiger partial charge in [0.25, 0.3) is 0 Å². The van der Waals surface area contributed by atoms with Gasteiger partial charge in [-0.3, -0.25) is 15.0 Å². The molecule has 1 saturated carbocycles. The Labute approximate surface area is 90.0 Å². The third kappa shape index (κ3) is 2.68. The third-order valence-corrected chi connectivity index (χ3v) is 3.21. The van der Waals surface area contributed by atoms with Crippen molar-refractivity contribution in [1.29, 1.82) is 0 Å². The SMILES string of the molecule is CC1CCCCC1N(C)C(=O)C(=O)NN. The fraction of sp³-hybridized carbons (Fsp3) is 0.800. The number of carbonyl (C=O) groups excluding carboxylic acids is 2. The summed E-state index contributed by atoms with van der Waals surface area (Å²) in [5, 5.41) is 0. The van der Waals surface area contributed by atoms with Crippen LogP contribution in [0.2, 0.25) is 0 Å². The van der Waals surface area contributed by atoms with Gasteiger partial charge in [-0.05, 0) is 18.8 Å². The summed E-state index contributed by atoms with van der Waals surface area (Å²) in [6.07, 6.45) is 4.42. The van der Waals surface area contributed by atoms with Crippen molar-refractivity contribution in [2.24, 2.45) is 11.8 Å². The fourth-order valence-electron chi connectivity index (χ4n) is 2.24. The minimum atomic E-state index is -0.740. The van der Waals surface area contributed by atoms with Crippen molar-refractivity contribution >= 4 is 11.8 Å². The van der Waals surface area contributed by atoms with Crippen LogP contribution in [0.1, 0.15) is 32.6 Å². The Bertz CT molecular complexity index is 255. The van der Waals surface area contributed by atoms with Crippen molar-refractivity contribution in [2.45, 2.75) is 38.6 Å². The van der Waals surface area contributed by atoms with Crippen LogP contribution in [0.25, 0.3) is 0 Å². The highest BCUT2D eigenvalue weighted by Gasteiger charge is 2.30. The van der Waals surface area contributed by atoms with E-state index in [-0.39, 0.29) is 6.04 Å². The summed E-state index contributed by atoms with van der Waals surface area (Å²) in [5.74, 6) is 4.10. The lowest BCUT2D eigenvalue weighted by atomic mass is 9.85. The number of amides is 2. The zero-order valence-electron chi connectivity index (χ0n) is 9.32. The van der Waals surface area contributed by atoms with Gasteiger partial charge in [-0.1, -0.05) is 19.8 Å². The van der Waals surface area contributed by atoms with Crippen molar-refractivity contribution in [2.75, 3.05) is 7.05 Å². The Morgan fingerprint density at radius 3 is 2.47 bits per heavy atom. The second-order valence-corrected chi connectivity index (χ2v) is 4.22. The van der Waals surface area contributed by atoms with Gasteiger partial charge in [-0.2, -0.15) is 0 Å². The van der Waals surface area contributed by atoms with Gasteiger partial charge in [0.1, 0.15) is 0 Å². The molecule has 2 amide bonds. The average molecular weight is 213 g/mol. The summed E-state index contributed by atoms with van der Waals surface area (Å²) in [4.78, 5) is 24.1. The molecule has 2 atom stereocenters. The molecule has 0 saturated heterocycles. The van der Waals surface area contributed by atoms with Crippen LogP contribution >= 0.6 is 0 Å². The van der Waals surface area contributed by atoms with E-state index in [1.165, 1.54) is 11.3 Å². The highest BCUT2D eigenvalue weighted by molar-refractivity contribution is 6.34. The highest BCUT2D eigenvalue weighted by Crippen LogP contribution is 2.27. The smallest absolute Gasteiger partial charge is 0.323 e. The molecular formula is C10H19N3O2. The molecule has 0 aliphatic heterocycles. The summed E-state index contributed by atoms with van der Waals surface area (Å²) in [7, 11) is 1.67. The maximum absolute atomic E-state index is 11.6. The number of carbonyl (C=O) groups is 2. The van der Waals surface area contributed by atoms with E-state index in [9.17, 15) is 9.59 Å². The highest BCUT2D eigenvalue weighted by atomic mass is 16.2. The van der Waals surface area contributed by atoms with Gasteiger partial charge < -0.3 is 4.90 Å². The minimum Gasteiger partial charge on any atom is -0.334 e. The number of hydrogen-bond donors (Lipinski definition) is 2. The van der Waals surface area contributed by atoms with E-state index >= 15 is 0 Å². The normalized spacial score (nSPS) is 25.8. The van der Waals surface area contributed by atoms with Gasteiger partial charge in [0, 0.05) is 13.1 Å². The first-order valence-electron chi connectivity index (χ1n) is 5.35. The molecule has 5 nitrogen and oxygen atoms in total. The van der Waals surface area contributed by atoms with E-state index in [0.29, 0.717) is 5.92 Å². The Morgan fingerprint density at radius 2 is 1.93 bits per heavy atom. The van der Waals surface area contributed by atoms with Gasteiger partial charge in [0.15, 0.2) is 0 Å². The maximum Gasteiger partial charge on any atom is 0.323 e. The molecule has 1 aliphatic rings. The fourth-order valence-corrected chi connectivity index (χ4v) is 2.24. The molecule has 0 aromatic carbocycles. The molecule has 0 aromatic rings. The molecular weight excluding hydrogens is 194 g/mol. The van der Waals surface area contributed by atoms with Gasteiger partial charge in [0.2, 0.25) is 0 Å². The van der Waals surface area contributed by atoms with Crippen molar-refractivity contribution in [3.05, 3.63) is 0 Å². The Kier molecular flexibility index (Phi) is 4.08. The average Bonchev–Trinajstić information content (AvgIpc) is 2.26. The van der Waals surface area contributed by atoms with Gasteiger partial charge >= 0.3 is 11.8 Å². The number of likely N-dealkylation sites (N-methyl/N-ethyl adjacent to an activating group) is 1. The lowest BCUT2D eigenvalue weighted by molar-refractivity contribution is -0.147. The Balaban J connectivity index is 2.61. The van der Waals surface area contributed by atoms with Crippen LogP contribution in [0, 0.1) is 5.92 Å². The Hall–Kier alpha value is -1.10. The van der Waals surface area contributed by atoms with Gasteiger partial charge in [0.05, 0.1) is 0 Å². The summed E-state index contributed by atoms with van der Waals surface area (Å²) >= 11 is 0. The molecule has 5 heteroatoms. The first-order valence-corrected chi connectivity index (χ1v) is 5.35. The number of hydrogen-bond acceptors (Lipinski definition) is 3. The van der Waals surface area contributed by atoms with Crippen molar-refractivity contribution < 1.29 is 9.59 Å². The Morgan fingerprint density at radius 1 is 1.33 bits per heavy atom. The largest absolute Gasteiger partial charge is 0.334 e. The third-order valence-electron chi connectivity index (χ3n) is 3.21. The summed E-state index contributed by atoms with van der Waals surface area (Å²) in [6.45, 7) is 2.12. The molecule has 3 N–H and O–H groups in total. The van der Waals surface area contributed by atoms with E-state index in [0.717, 1.165) is 19.3 Å². The summed E-state index contributed by atoms with van der Waals surface area (Å²) in [5.41, 5.74) is 1.87. The summed E-state index contributed by atoms with van der Waals surface area (Å²) < 4.78 is 0. The van der Waals surface area contributed by atoms with Crippen LogP contribution in [0.3, 0.4) is 0 Å². The zero-order chi connectivity index (χ0) is 11.4. The quantitative estimate of drug-likeness (QED) is 0.279. The lowest BCUT2D eigenvalue weighted by Gasteiger charge is -2.35. The zero-order valence-corrected chi connectivity index (χ0v) is 9.32. The predicted molar refractivity (Wildman–Crippen MR) is 56.5 cm³/mol. The molecule has 0 spiro atoms. The number of rotatable bonds is 1. The first kappa shape index (κ1) is 12.0. The van der Waals surface area contributed by atoms with Crippen LogP contribution in [0.4, 0.5) is 0 Å². The molecule has 1 rings (SSSR count). The molecule has 0 heterocycles. The molecule has 0 radical (unpaired) electrons. The van der Waals surface area contributed by atoms with Gasteiger partial charge in [-0.15, -0.1) is 0 Å². The number of nitrogens with one attached hydrogen (secondary N) is 1. The second kappa shape index (κ2) is 5.11. The monoisotopic (exact) mass is 213 g/mol. The second-order valence-electron chi connectivity index (χ2n) is 4.22. The van der Waals surface area contributed by atoms with Crippen molar-refractivity contribution in [3.8, 4) is 0 Å². The van der Waals surface area contributed by atoms with E-state index in [1.807, 2.05) is 5.43 Å². The van der Waals surface area contributed by atoms with E-state index in [4.69, 9.17) is 5.84 Å². The molecule has 1 aliphatic carbocycles. The van der Waals surface area contributed by atoms with E-state index < -0.39 is 11.8 Å². The molecule has 0 aromatic heterocycles. The number of hydrazine groups is 1. The minimum absolute atomic E-state index is 0.170. The summed E-state index contributed by atoms with van der Waals surface area (Å²) in [6, 6.07) is 0.170. The first-order chi connectivity index (χ1) is 7.07. The standard InChI is InChI=1S/C10H19N3O2/c1-7-5-3-4-6-8(7)13(2)10(15)9(14)12-11/h7-8H,3-6,11H2,1-2H3,(H,12,14). The maximum atomic E-state index is 11.6. The van der Waals surface area contributed by atoms with Crippen molar-refractivity contribution in [3.63, 3.8) is 0 Å². The molecule has 2 unspecified atom stereocenters. The number of nitrogens with zero attached hydrogens (tertiary/aromatic N) is 1. The van der Waals surface area contributed by atoms with Gasteiger partial charge in [-0.25, -0.2) is 5.84 Å². The molecule has 15 heavy (non-hydrogen) atoms. The topological polar surface area (TPSA) is 75.4 Å². The molecule has 1 fully saturated rings.